The molecule has 1 aromatic carbocycles. The van der Waals surface area contributed by atoms with Crippen LogP contribution in [0.25, 0.3) is 0 Å². The van der Waals surface area contributed by atoms with E-state index in [0.717, 1.165) is 6.07 Å². The van der Waals surface area contributed by atoms with Crippen LogP contribution in [-0.2, 0) is 0 Å². The predicted octanol–water partition coefficient (Wildman–Crippen LogP) is 1.33. The number of amides is 1. The first-order valence-corrected chi connectivity index (χ1v) is 3.90. The minimum Gasteiger partial charge on any atom is -0.406 e. The highest BCUT2D eigenvalue weighted by Crippen LogP contribution is 2.24. The summed E-state index contributed by atoms with van der Waals surface area (Å²) in [5, 5.41) is 0. The van der Waals surface area contributed by atoms with Crippen molar-refractivity contribution < 1.29 is 27.1 Å². The summed E-state index contributed by atoms with van der Waals surface area (Å²) in [6, 6.07) is 2.02. The van der Waals surface area contributed by atoms with Crippen LogP contribution in [0.15, 0.2) is 18.2 Å². The zero-order chi connectivity index (χ0) is 12.3. The van der Waals surface area contributed by atoms with Crippen LogP contribution in [0.1, 0.15) is 10.4 Å². The molecule has 0 bridgehead atoms. The Morgan fingerprint density at radius 1 is 1.38 bits per heavy atom. The first-order chi connectivity index (χ1) is 7.33. The summed E-state index contributed by atoms with van der Waals surface area (Å²) in [5.74, 6) is 1.97. The molecule has 3 N–H and O–H groups in total. The molecule has 0 saturated carbocycles. The number of halogens is 4. The molecular weight excluding hydrogens is 232 g/mol. The Morgan fingerprint density at radius 3 is 2.50 bits per heavy atom. The Morgan fingerprint density at radius 2 is 2.00 bits per heavy atom. The van der Waals surface area contributed by atoms with Gasteiger partial charge in [0.1, 0.15) is 11.6 Å². The average Bonchev–Trinajstić information content (AvgIpc) is 2.18. The Labute approximate surface area is 87.0 Å². The fourth-order valence-corrected chi connectivity index (χ4v) is 0.953. The number of ether oxygens (including phenoxy) is 1. The fourth-order valence-electron chi connectivity index (χ4n) is 0.953. The quantitative estimate of drug-likeness (QED) is 0.353. The van der Waals surface area contributed by atoms with Crippen LogP contribution in [0.3, 0.4) is 0 Å². The monoisotopic (exact) mass is 238 g/mol. The Balaban J connectivity index is 3.03. The molecule has 0 aliphatic rings. The summed E-state index contributed by atoms with van der Waals surface area (Å²) in [7, 11) is 0. The number of nitrogens with one attached hydrogen (secondary N) is 1. The second-order valence-electron chi connectivity index (χ2n) is 2.66. The number of alkyl halides is 3. The van der Waals surface area contributed by atoms with Gasteiger partial charge in [0.05, 0.1) is 5.56 Å². The van der Waals surface area contributed by atoms with E-state index in [0.29, 0.717) is 12.1 Å². The molecule has 0 aromatic heterocycles. The molecule has 0 saturated heterocycles. The molecule has 0 heterocycles. The number of nitrogens with two attached hydrogens (primary N) is 1. The molecule has 88 valence electrons. The van der Waals surface area contributed by atoms with Crippen molar-refractivity contribution >= 4 is 5.91 Å². The molecule has 8 heteroatoms. The molecule has 0 aliphatic carbocycles. The zero-order valence-electron chi connectivity index (χ0n) is 7.64. The Hall–Kier alpha value is -1.83. The summed E-state index contributed by atoms with van der Waals surface area (Å²) in [6.07, 6.45) is -4.91. The lowest BCUT2D eigenvalue weighted by Gasteiger charge is -2.10. The second kappa shape index (κ2) is 4.35. The molecule has 0 spiro atoms. The normalized spacial score (nSPS) is 11.1. The fraction of sp³-hybridized carbons (Fsp3) is 0.125. The number of carbonyl (C=O) groups is 1. The van der Waals surface area contributed by atoms with Crippen molar-refractivity contribution in [3.63, 3.8) is 0 Å². The largest absolute Gasteiger partial charge is 0.573 e. The molecule has 16 heavy (non-hydrogen) atoms. The molecule has 0 aliphatic heterocycles. The second-order valence-corrected chi connectivity index (χ2v) is 2.66. The van der Waals surface area contributed by atoms with E-state index in [9.17, 15) is 22.4 Å². The highest BCUT2D eigenvalue weighted by atomic mass is 19.4. The van der Waals surface area contributed by atoms with Gasteiger partial charge in [-0.1, -0.05) is 0 Å². The smallest absolute Gasteiger partial charge is 0.406 e. The number of rotatable bonds is 2. The summed E-state index contributed by atoms with van der Waals surface area (Å²) in [5.41, 5.74) is 0.961. The maximum absolute atomic E-state index is 13.0. The van der Waals surface area contributed by atoms with Crippen molar-refractivity contribution in [2.45, 2.75) is 6.36 Å². The molecule has 1 amide bonds. The summed E-state index contributed by atoms with van der Waals surface area (Å²) < 4.78 is 51.9. The number of hydrogen-bond acceptors (Lipinski definition) is 3. The van der Waals surface area contributed by atoms with Crippen molar-refractivity contribution in [3.8, 4) is 5.75 Å². The number of hydrazine groups is 1. The standard InChI is InChI=1S/C8H6F4N2O2/c9-6-2-1-4(16-8(10,11)12)3-5(6)7(15)14-13/h1-3H,13H2,(H,14,15). The molecule has 1 rings (SSSR count). The molecule has 0 unspecified atom stereocenters. The Bertz CT molecular complexity index is 406. The van der Waals surface area contributed by atoms with Crippen LogP contribution >= 0.6 is 0 Å². The van der Waals surface area contributed by atoms with E-state index in [1.807, 2.05) is 0 Å². The van der Waals surface area contributed by atoms with Crippen molar-refractivity contribution in [1.82, 2.24) is 5.43 Å². The van der Waals surface area contributed by atoms with E-state index < -0.39 is 29.4 Å². The van der Waals surface area contributed by atoms with Gasteiger partial charge < -0.3 is 4.74 Å². The molecule has 0 fully saturated rings. The first-order valence-electron chi connectivity index (χ1n) is 3.90. The maximum atomic E-state index is 13.0. The minimum absolute atomic E-state index is 0.602. The van der Waals surface area contributed by atoms with E-state index in [1.165, 1.54) is 0 Å². The van der Waals surface area contributed by atoms with Crippen LogP contribution in [0, 0.1) is 5.82 Å². The van der Waals surface area contributed by atoms with Gasteiger partial charge in [0.25, 0.3) is 5.91 Å². The van der Waals surface area contributed by atoms with E-state index in [2.05, 4.69) is 4.74 Å². The zero-order valence-corrected chi connectivity index (χ0v) is 7.64. The molecule has 0 atom stereocenters. The van der Waals surface area contributed by atoms with E-state index in [1.54, 1.807) is 5.43 Å². The van der Waals surface area contributed by atoms with Gasteiger partial charge in [0, 0.05) is 0 Å². The summed E-state index contributed by atoms with van der Waals surface area (Å²) in [6.45, 7) is 0. The van der Waals surface area contributed by atoms with E-state index >= 15 is 0 Å². The maximum Gasteiger partial charge on any atom is 0.573 e. The summed E-state index contributed by atoms with van der Waals surface area (Å²) >= 11 is 0. The third kappa shape index (κ3) is 3.09. The molecule has 0 radical (unpaired) electrons. The molecular formula is C8H6F4N2O2. The van der Waals surface area contributed by atoms with Crippen molar-refractivity contribution in [2.24, 2.45) is 5.84 Å². The van der Waals surface area contributed by atoms with Crippen molar-refractivity contribution in [3.05, 3.63) is 29.6 Å². The van der Waals surface area contributed by atoms with Crippen molar-refractivity contribution in [1.29, 1.82) is 0 Å². The van der Waals surface area contributed by atoms with Gasteiger partial charge in [-0.3, -0.25) is 10.2 Å². The topological polar surface area (TPSA) is 64.3 Å². The van der Waals surface area contributed by atoms with Crippen molar-refractivity contribution in [2.75, 3.05) is 0 Å². The highest BCUT2D eigenvalue weighted by Gasteiger charge is 2.31. The SMILES string of the molecule is NNC(=O)c1cc(OC(F)(F)F)ccc1F. The number of nitrogen functional groups attached to an aromatic ring is 1. The lowest BCUT2D eigenvalue weighted by molar-refractivity contribution is -0.274. The van der Waals surface area contributed by atoms with Crippen LogP contribution < -0.4 is 16.0 Å². The number of carbonyl (C=O) groups excluding carboxylic acids is 1. The van der Waals surface area contributed by atoms with Gasteiger partial charge in [0.2, 0.25) is 0 Å². The Kier molecular flexibility index (Phi) is 3.33. The van der Waals surface area contributed by atoms with E-state index in [4.69, 9.17) is 5.84 Å². The first kappa shape index (κ1) is 12.2. The van der Waals surface area contributed by atoms with Gasteiger partial charge >= 0.3 is 6.36 Å². The highest BCUT2D eigenvalue weighted by molar-refractivity contribution is 5.94. The third-order valence-corrected chi connectivity index (χ3v) is 1.55. The van der Waals surface area contributed by atoms with Gasteiger partial charge in [-0.2, -0.15) is 0 Å². The third-order valence-electron chi connectivity index (χ3n) is 1.55. The van der Waals surface area contributed by atoms with Gasteiger partial charge in [0.15, 0.2) is 0 Å². The van der Waals surface area contributed by atoms with E-state index in [-0.39, 0.29) is 0 Å². The lowest BCUT2D eigenvalue weighted by atomic mass is 10.2. The molecule has 4 nitrogen and oxygen atoms in total. The predicted molar refractivity (Wildman–Crippen MR) is 44.7 cm³/mol. The lowest BCUT2D eigenvalue weighted by Crippen LogP contribution is -2.30. The molecule has 1 aromatic rings. The van der Waals surface area contributed by atoms with Crippen LogP contribution in [0.2, 0.25) is 0 Å². The van der Waals surface area contributed by atoms with Gasteiger partial charge in [-0.15, -0.1) is 13.2 Å². The van der Waals surface area contributed by atoms with Crippen LogP contribution in [-0.4, -0.2) is 12.3 Å². The van der Waals surface area contributed by atoms with Gasteiger partial charge in [-0.05, 0) is 18.2 Å². The van der Waals surface area contributed by atoms with Gasteiger partial charge in [-0.25, -0.2) is 10.2 Å². The summed E-state index contributed by atoms with van der Waals surface area (Å²) in [4.78, 5) is 10.9. The minimum atomic E-state index is -4.91. The number of hydrogen-bond donors (Lipinski definition) is 2. The van der Waals surface area contributed by atoms with Crippen LogP contribution in [0.5, 0.6) is 5.75 Å². The average molecular weight is 238 g/mol. The number of benzene rings is 1. The van der Waals surface area contributed by atoms with Crippen LogP contribution in [0.4, 0.5) is 17.6 Å².